The molecule has 1 rings (SSSR count). The van der Waals surface area contributed by atoms with Gasteiger partial charge in [0.25, 0.3) is 0 Å². The standard InChI is InChI=1S/C16H33NO/c1-5-6-15-7-10-16(11-8-15,13-17-4)18-12-9-14(2)3/h14-15,17H,5-13H2,1-4H3. The summed E-state index contributed by atoms with van der Waals surface area (Å²) >= 11 is 0. The molecular formula is C16H33NO. The summed E-state index contributed by atoms with van der Waals surface area (Å²) in [5.41, 5.74) is 0.133. The molecule has 2 heteroatoms. The second kappa shape index (κ2) is 8.16. The van der Waals surface area contributed by atoms with Crippen molar-refractivity contribution in [1.82, 2.24) is 5.32 Å². The van der Waals surface area contributed by atoms with Gasteiger partial charge in [0.05, 0.1) is 5.60 Å². The maximum Gasteiger partial charge on any atom is 0.0806 e. The first-order chi connectivity index (χ1) is 8.62. The second-order valence-electron chi connectivity index (χ2n) is 6.48. The van der Waals surface area contributed by atoms with Crippen LogP contribution in [-0.4, -0.2) is 25.8 Å². The van der Waals surface area contributed by atoms with E-state index in [0.717, 1.165) is 25.0 Å². The van der Waals surface area contributed by atoms with Gasteiger partial charge in [0.1, 0.15) is 0 Å². The van der Waals surface area contributed by atoms with Gasteiger partial charge in [-0.3, -0.25) is 0 Å². The predicted octanol–water partition coefficient (Wildman–Crippen LogP) is 4.00. The number of ether oxygens (including phenoxy) is 1. The maximum atomic E-state index is 6.29. The van der Waals surface area contributed by atoms with Crippen molar-refractivity contribution in [3.8, 4) is 0 Å². The molecule has 108 valence electrons. The van der Waals surface area contributed by atoms with Gasteiger partial charge in [-0.05, 0) is 51.0 Å². The molecule has 18 heavy (non-hydrogen) atoms. The van der Waals surface area contributed by atoms with Crippen molar-refractivity contribution in [2.24, 2.45) is 11.8 Å². The van der Waals surface area contributed by atoms with Crippen LogP contribution in [0.4, 0.5) is 0 Å². The molecule has 0 bridgehead atoms. The zero-order chi connectivity index (χ0) is 13.4. The molecule has 0 amide bonds. The van der Waals surface area contributed by atoms with Crippen LogP contribution in [0.5, 0.6) is 0 Å². The molecule has 1 aliphatic carbocycles. The molecule has 1 saturated carbocycles. The van der Waals surface area contributed by atoms with E-state index in [0.29, 0.717) is 0 Å². The molecule has 2 nitrogen and oxygen atoms in total. The Morgan fingerprint density at radius 2 is 1.94 bits per heavy atom. The number of rotatable bonds is 8. The largest absolute Gasteiger partial charge is 0.374 e. The van der Waals surface area contributed by atoms with E-state index in [1.807, 2.05) is 7.05 Å². The summed E-state index contributed by atoms with van der Waals surface area (Å²) in [6, 6.07) is 0. The van der Waals surface area contributed by atoms with Gasteiger partial charge in [0.2, 0.25) is 0 Å². The molecule has 0 atom stereocenters. The third kappa shape index (κ3) is 5.27. The van der Waals surface area contributed by atoms with Crippen LogP contribution in [0.1, 0.15) is 65.7 Å². The summed E-state index contributed by atoms with van der Waals surface area (Å²) in [5, 5.41) is 3.34. The highest BCUT2D eigenvalue weighted by molar-refractivity contribution is 4.89. The monoisotopic (exact) mass is 255 g/mol. The Hall–Kier alpha value is -0.0800. The highest BCUT2D eigenvalue weighted by Gasteiger charge is 2.35. The Bertz CT molecular complexity index is 207. The second-order valence-corrected chi connectivity index (χ2v) is 6.48. The van der Waals surface area contributed by atoms with Crippen LogP contribution in [0.15, 0.2) is 0 Å². The van der Waals surface area contributed by atoms with Crippen molar-refractivity contribution in [3.63, 3.8) is 0 Å². The molecule has 0 spiro atoms. The molecule has 0 unspecified atom stereocenters. The van der Waals surface area contributed by atoms with Gasteiger partial charge in [0, 0.05) is 13.2 Å². The molecule has 1 aliphatic rings. The normalized spacial score (nSPS) is 28.8. The molecular weight excluding hydrogens is 222 g/mol. The average Bonchev–Trinajstić information content (AvgIpc) is 2.32. The van der Waals surface area contributed by atoms with Gasteiger partial charge < -0.3 is 10.1 Å². The lowest BCUT2D eigenvalue weighted by Crippen LogP contribution is -2.45. The summed E-state index contributed by atoms with van der Waals surface area (Å²) in [7, 11) is 2.05. The van der Waals surface area contributed by atoms with E-state index in [1.165, 1.54) is 44.9 Å². The first-order valence-electron chi connectivity index (χ1n) is 7.90. The van der Waals surface area contributed by atoms with Gasteiger partial charge in [-0.1, -0.05) is 33.6 Å². The van der Waals surface area contributed by atoms with Crippen molar-refractivity contribution >= 4 is 0 Å². The molecule has 0 aromatic carbocycles. The molecule has 0 aromatic rings. The van der Waals surface area contributed by atoms with Crippen LogP contribution >= 0.6 is 0 Å². The van der Waals surface area contributed by atoms with Crippen molar-refractivity contribution in [2.75, 3.05) is 20.2 Å². The van der Waals surface area contributed by atoms with E-state index in [4.69, 9.17) is 4.74 Å². The molecule has 1 N–H and O–H groups in total. The topological polar surface area (TPSA) is 21.3 Å². The lowest BCUT2D eigenvalue weighted by atomic mass is 9.77. The fraction of sp³-hybridized carbons (Fsp3) is 1.00. The molecule has 0 heterocycles. The smallest absolute Gasteiger partial charge is 0.0806 e. The van der Waals surface area contributed by atoms with Crippen LogP contribution in [0.2, 0.25) is 0 Å². The first-order valence-corrected chi connectivity index (χ1v) is 7.90. The van der Waals surface area contributed by atoms with Crippen molar-refractivity contribution < 1.29 is 4.74 Å². The van der Waals surface area contributed by atoms with E-state index in [-0.39, 0.29) is 5.60 Å². The van der Waals surface area contributed by atoms with Gasteiger partial charge >= 0.3 is 0 Å². The zero-order valence-corrected chi connectivity index (χ0v) is 12.9. The number of hydrogen-bond donors (Lipinski definition) is 1. The third-order valence-electron chi connectivity index (χ3n) is 4.32. The van der Waals surface area contributed by atoms with Gasteiger partial charge in [0.15, 0.2) is 0 Å². The summed E-state index contributed by atoms with van der Waals surface area (Å²) in [6.45, 7) is 8.79. The quantitative estimate of drug-likeness (QED) is 0.708. The van der Waals surface area contributed by atoms with E-state index < -0.39 is 0 Å². The van der Waals surface area contributed by atoms with E-state index in [2.05, 4.69) is 26.1 Å². The molecule has 0 saturated heterocycles. The third-order valence-corrected chi connectivity index (χ3v) is 4.32. The van der Waals surface area contributed by atoms with Gasteiger partial charge in [-0.25, -0.2) is 0 Å². The maximum absolute atomic E-state index is 6.29. The minimum absolute atomic E-state index is 0.133. The molecule has 0 aliphatic heterocycles. The van der Waals surface area contributed by atoms with Gasteiger partial charge in [-0.2, -0.15) is 0 Å². The summed E-state index contributed by atoms with van der Waals surface area (Å²) in [4.78, 5) is 0. The van der Waals surface area contributed by atoms with Crippen molar-refractivity contribution in [2.45, 2.75) is 71.3 Å². The van der Waals surface area contributed by atoms with Crippen LogP contribution in [0, 0.1) is 11.8 Å². The molecule has 0 aromatic heterocycles. The highest BCUT2D eigenvalue weighted by atomic mass is 16.5. The minimum Gasteiger partial charge on any atom is -0.374 e. The Labute approximate surface area is 114 Å². The lowest BCUT2D eigenvalue weighted by molar-refractivity contribution is -0.0789. The lowest BCUT2D eigenvalue weighted by Gasteiger charge is -2.40. The van der Waals surface area contributed by atoms with E-state index in [9.17, 15) is 0 Å². The fourth-order valence-electron chi connectivity index (χ4n) is 3.11. The SMILES string of the molecule is CCCC1CCC(CNC)(OCCC(C)C)CC1. The fourth-order valence-corrected chi connectivity index (χ4v) is 3.11. The van der Waals surface area contributed by atoms with Crippen LogP contribution in [0.25, 0.3) is 0 Å². The Kier molecular flexibility index (Phi) is 7.25. The summed E-state index contributed by atoms with van der Waals surface area (Å²) < 4.78 is 6.29. The van der Waals surface area contributed by atoms with E-state index in [1.54, 1.807) is 0 Å². The van der Waals surface area contributed by atoms with Crippen molar-refractivity contribution in [3.05, 3.63) is 0 Å². The summed E-state index contributed by atoms with van der Waals surface area (Å²) in [6.07, 6.45) is 9.13. The zero-order valence-electron chi connectivity index (χ0n) is 12.9. The molecule has 0 radical (unpaired) electrons. The van der Waals surface area contributed by atoms with Crippen LogP contribution in [-0.2, 0) is 4.74 Å². The van der Waals surface area contributed by atoms with E-state index >= 15 is 0 Å². The van der Waals surface area contributed by atoms with Crippen molar-refractivity contribution in [1.29, 1.82) is 0 Å². The number of hydrogen-bond acceptors (Lipinski definition) is 2. The summed E-state index contributed by atoms with van der Waals surface area (Å²) in [5.74, 6) is 1.70. The predicted molar refractivity (Wildman–Crippen MR) is 78.9 cm³/mol. The van der Waals surface area contributed by atoms with Gasteiger partial charge in [-0.15, -0.1) is 0 Å². The number of likely N-dealkylation sites (N-methyl/N-ethyl adjacent to an activating group) is 1. The minimum atomic E-state index is 0.133. The number of nitrogens with one attached hydrogen (secondary N) is 1. The van der Waals surface area contributed by atoms with Crippen LogP contribution < -0.4 is 5.32 Å². The Morgan fingerprint density at radius 1 is 1.28 bits per heavy atom. The Balaban J connectivity index is 2.39. The van der Waals surface area contributed by atoms with Crippen LogP contribution in [0.3, 0.4) is 0 Å². The average molecular weight is 255 g/mol. The molecule has 1 fully saturated rings. The highest BCUT2D eigenvalue weighted by Crippen LogP contribution is 2.36. The first kappa shape index (κ1) is 16.0. The Morgan fingerprint density at radius 3 is 2.44 bits per heavy atom.